The highest BCUT2D eigenvalue weighted by Crippen LogP contribution is 2.24. The van der Waals surface area contributed by atoms with Crippen LogP contribution >= 0.6 is 0 Å². The zero-order chi connectivity index (χ0) is 18.4. The molecule has 5 nitrogen and oxygen atoms in total. The SMILES string of the molecule is Cc1cccc(N(CC(=O)NCC(C)C)S(=O)(=O)c2ccccc2)c1. The summed E-state index contributed by atoms with van der Waals surface area (Å²) in [6.45, 7) is 6.10. The number of nitrogens with zero attached hydrogens (tertiary/aromatic N) is 1. The number of aryl methyl sites for hydroxylation is 1. The molecule has 0 saturated heterocycles. The third-order valence-corrected chi connectivity index (χ3v) is 5.40. The minimum absolute atomic E-state index is 0.160. The Hall–Kier alpha value is -2.34. The van der Waals surface area contributed by atoms with Gasteiger partial charge in [0, 0.05) is 6.54 Å². The van der Waals surface area contributed by atoms with Crippen LogP contribution in [0.15, 0.2) is 59.5 Å². The monoisotopic (exact) mass is 360 g/mol. The molecule has 0 aliphatic rings. The lowest BCUT2D eigenvalue weighted by atomic mass is 10.2. The molecule has 0 radical (unpaired) electrons. The van der Waals surface area contributed by atoms with E-state index in [1.807, 2.05) is 26.8 Å². The van der Waals surface area contributed by atoms with Crippen LogP contribution in [0.25, 0.3) is 0 Å². The van der Waals surface area contributed by atoms with Gasteiger partial charge in [-0.3, -0.25) is 9.10 Å². The van der Waals surface area contributed by atoms with Crippen LogP contribution < -0.4 is 9.62 Å². The number of carbonyl (C=O) groups is 1. The van der Waals surface area contributed by atoms with Crippen LogP contribution in [0.1, 0.15) is 19.4 Å². The van der Waals surface area contributed by atoms with Gasteiger partial charge in [0.2, 0.25) is 5.91 Å². The second-order valence-electron chi connectivity index (χ2n) is 6.36. The molecule has 1 N–H and O–H groups in total. The molecule has 0 saturated carbocycles. The first kappa shape index (κ1) is 19.0. The van der Waals surface area contributed by atoms with Crippen molar-refractivity contribution in [2.75, 3.05) is 17.4 Å². The number of hydrogen-bond donors (Lipinski definition) is 1. The Morgan fingerprint density at radius 1 is 1.08 bits per heavy atom. The van der Waals surface area contributed by atoms with Crippen LogP contribution in [0.4, 0.5) is 5.69 Å². The second kappa shape index (κ2) is 8.16. The van der Waals surface area contributed by atoms with E-state index in [9.17, 15) is 13.2 Å². The minimum Gasteiger partial charge on any atom is -0.354 e. The minimum atomic E-state index is -3.83. The number of sulfonamides is 1. The fraction of sp³-hybridized carbons (Fsp3) is 0.316. The lowest BCUT2D eigenvalue weighted by Crippen LogP contribution is -2.41. The van der Waals surface area contributed by atoms with E-state index >= 15 is 0 Å². The highest BCUT2D eigenvalue weighted by Gasteiger charge is 2.27. The topological polar surface area (TPSA) is 66.5 Å². The summed E-state index contributed by atoms with van der Waals surface area (Å²) < 4.78 is 27.3. The number of hydrogen-bond acceptors (Lipinski definition) is 3. The molecule has 0 heterocycles. The van der Waals surface area contributed by atoms with Crippen LogP contribution in [0.2, 0.25) is 0 Å². The number of carbonyl (C=O) groups excluding carboxylic acids is 1. The lowest BCUT2D eigenvalue weighted by molar-refractivity contribution is -0.119. The molecule has 25 heavy (non-hydrogen) atoms. The molecular weight excluding hydrogens is 336 g/mol. The Bertz CT molecular complexity index is 818. The Morgan fingerprint density at radius 3 is 2.36 bits per heavy atom. The van der Waals surface area contributed by atoms with Gasteiger partial charge in [-0.15, -0.1) is 0 Å². The molecule has 2 aromatic carbocycles. The smallest absolute Gasteiger partial charge is 0.264 e. The molecule has 1 amide bonds. The first-order valence-corrected chi connectivity index (χ1v) is 9.66. The molecule has 134 valence electrons. The number of anilines is 1. The zero-order valence-electron chi connectivity index (χ0n) is 14.8. The van der Waals surface area contributed by atoms with Crippen LogP contribution in [-0.4, -0.2) is 27.4 Å². The van der Waals surface area contributed by atoms with E-state index in [2.05, 4.69) is 5.32 Å². The van der Waals surface area contributed by atoms with Crippen LogP contribution in [0, 0.1) is 12.8 Å². The van der Waals surface area contributed by atoms with Gasteiger partial charge in [0.05, 0.1) is 10.6 Å². The maximum absolute atomic E-state index is 13.1. The van der Waals surface area contributed by atoms with Crippen LogP contribution in [0.5, 0.6) is 0 Å². The lowest BCUT2D eigenvalue weighted by Gasteiger charge is -2.24. The number of benzene rings is 2. The summed E-state index contributed by atoms with van der Waals surface area (Å²) in [7, 11) is -3.83. The summed E-state index contributed by atoms with van der Waals surface area (Å²) in [6.07, 6.45) is 0. The molecule has 0 aromatic heterocycles. The Kier molecular flexibility index (Phi) is 6.20. The fourth-order valence-corrected chi connectivity index (χ4v) is 3.76. The third kappa shape index (κ3) is 5.06. The molecule has 0 unspecified atom stereocenters. The van der Waals surface area contributed by atoms with E-state index in [0.29, 0.717) is 18.2 Å². The molecule has 0 bridgehead atoms. The van der Waals surface area contributed by atoms with Gasteiger partial charge in [0.1, 0.15) is 6.54 Å². The van der Waals surface area contributed by atoms with Crippen molar-refractivity contribution in [2.24, 2.45) is 5.92 Å². The normalized spacial score (nSPS) is 11.4. The Labute approximate surface area is 149 Å². The second-order valence-corrected chi connectivity index (χ2v) is 8.22. The highest BCUT2D eigenvalue weighted by molar-refractivity contribution is 7.92. The summed E-state index contributed by atoms with van der Waals surface area (Å²) in [5.41, 5.74) is 1.40. The van der Waals surface area contributed by atoms with E-state index in [-0.39, 0.29) is 17.3 Å². The van der Waals surface area contributed by atoms with Crippen molar-refractivity contribution in [1.82, 2.24) is 5.32 Å². The van der Waals surface area contributed by atoms with E-state index in [1.165, 1.54) is 12.1 Å². The average Bonchev–Trinajstić information content (AvgIpc) is 2.58. The van der Waals surface area contributed by atoms with Gasteiger partial charge >= 0.3 is 0 Å². The largest absolute Gasteiger partial charge is 0.354 e. The summed E-state index contributed by atoms with van der Waals surface area (Å²) in [5.74, 6) is -0.0307. The maximum Gasteiger partial charge on any atom is 0.264 e. The summed E-state index contributed by atoms with van der Waals surface area (Å²) in [4.78, 5) is 12.4. The maximum atomic E-state index is 13.1. The van der Waals surface area contributed by atoms with Crippen molar-refractivity contribution in [3.05, 3.63) is 60.2 Å². The van der Waals surface area contributed by atoms with Crippen LogP contribution in [0.3, 0.4) is 0 Å². The predicted octanol–water partition coefficient (Wildman–Crippen LogP) is 2.96. The van der Waals surface area contributed by atoms with Gasteiger partial charge in [-0.25, -0.2) is 8.42 Å². The fourth-order valence-electron chi connectivity index (χ4n) is 2.32. The number of amides is 1. The van der Waals surface area contributed by atoms with Crippen molar-refractivity contribution in [1.29, 1.82) is 0 Å². The van der Waals surface area contributed by atoms with Gasteiger partial charge < -0.3 is 5.32 Å². The Balaban J connectivity index is 2.37. The highest BCUT2D eigenvalue weighted by atomic mass is 32.2. The van der Waals surface area contributed by atoms with E-state index in [0.717, 1.165) is 9.87 Å². The van der Waals surface area contributed by atoms with E-state index in [1.54, 1.807) is 36.4 Å². The van der Waals surface area contributed by atoms with Crippen molar-refractivity contribution >= 4 is 21.6 Å². The number of rotatable bonds is 7. The number of nitrogens with one attached hydrogen (secondary N) is 1. The standard InChI is InChI=1S/C19H24N2O3S/c1-15(2)13-20-19(22)14-21(17-9-7-8-16(3)12-17)25(23,24)18-10-5-4-6-11-18/h4-12,15H,13-14H2,1-3H3,(H,20,22). The molecule has 2 rings (SSSR count). The first-order valence-electron chi connectivity index (χ1n) is 8.22. The molecule has 0 aliphatic heterocycles. The predicted molar refractivity (Wildman–Crippen MR) is 100 cm³/mol. The van der Waals surface area contributed by atoms with Crippen molar-refractivity contribution in [3.63, 3.8) is 0 Å². The molecule has 0 aliphatic carbocycles. The average molecular weight is 360 g/mol. The summed E-state index contributed by atoms with van der Waals surface area (Å²) in [5, 5.41) is 2.78. The molecule has 2 aromatic rings. The van der Waals surface area contributed by atoms with Gasteiger partial charge in [0.25, 0.3) is 10.0 Å². The molecule has 6 heteroatoms. The van der Waals surface area contributed by atoms with Crippen molar-refractivity contribution < 1.29 is 13.2 Å². The van der Waals surface area contributed by atoms with Gasteiger partial charge in [-0.2, -0.15) is 0 Å². The van der Waals surface area contributed by atoms with Gasteiger partial charge in [-0.05, 0) is 42.7 Å². The first-order chi connectivity index (χ1) is 11.8. The zero-order valence-corrected chi connectivity index (χ0v) is 15.6. The van der Waals surface area contributed by atoms with E-state index in [4.69, 9.17) is 0 Å². The summed E-state index contributed by atoms with van der Waals surface area (Å²) >= 11 is 0. The molecule has 0 spiro atoms. The third-order valence-electron chi connectivity index (χ3n) is 3.62. The van der Waals surface area contributed by atoms with Crippen LogP contribution in [-0.2, 0) is 14.8 Å². The molecule has 0 fully saturated rings. The Morgan fingerprint density at radius 2 is 1.76 bits per heavy atom. The van der Waals surface area contributed by atoms with Crippen molar-refractivity contribution in [2.45, 2.75) is 25.7 Å². The van der Waals surface area contributed by atoms with Gasteiger partial charge in [-0.1, -0.05) is 44.2 Å². The van der Waals surface area contributed by atoms with Gasteiger partial charge in [0.15, 0.2) is 0 Å². The van der Waals surface area contributed by atoms with E-state index < -0.39 is 10.0 Å². The van der Waals surface area contributed by atoms with Crippen molar-refractivity contribution in [3.8, 4) is 0 Å². The molecular formula is C19H24N2O3S. The summed E-state index contributed by atoms with van der Waals surface area (Å²) in [6, 6.07) is 15.3. The molecule has 0 atom stereocenters. The quantitative estimate of drug-likeness (QED) is 0.825.